The molecule has 0 radical (unpaired) electrons. The number of piperidine rings is 1. The van der Waals surface area contributed by atoms with Crippen LogP contribution in [0.4, 0.5) is 0 Å². The Bertz CT molecular complexity index is 941. The fourth-order valence-electron chi connectivity index (χ4n) is 6.65. The van der Waals surface area contributed by atoms with Crippen LogP contribution in [0.3, 0.4) is 0 Å². The van der Waals surface area contributed by atoms with Crippen LogP contribution in [0.5, 0.6) is 11.5 Å². The molecule has 8 nitrogen and oxygen atoms in total. The summed E-state index contributed by atoms with van der Waals surface area (Å²) in [6.07, 6.45) is 3.28. The molecule has 7 atom stereocenters. The number of methoxy groups -OCH3 is 1. The van der Waals surface area contributed by atoms with Crippen molar-refractivity contribution in [2.24, 2.45) is 11.7 Å². The van der Waals surface area contributed by atoms with E-state index in [1.165, 1.54) is 11.1 Å². The summed E-state index contributed by atoms with van der Waals surface area (Å²) in [6.45, 7) is 0.981. The van der Waals surface area contributed by atoms with Crippen molar-refractivity contribution >= 4 is 21.4 Å². The van der Waals surface area contributed by atoms with Crippen LogP contribution < -0.4 is 15.2 Å². The van der Waals surface area contributed by atoms with E-state index in [0.717, 1.165) is 43.7 Å². The van der Waals surface area contributed by atoms with Crippen LogP contribution >= 0.6 is 9.47 Å². The van der Waals surface area contributed by atoms with Gasteiger partial charge in [0, 0.05) is 23.4 Å². The van der Waals surface area contributed by atoms with Crippen LogP contribution in [-0.4, -0.2) is 61.8 Å². The van der Waals surface area contributed by atoms with Gasteiger partial charge in [0.15, 0.2) is 11.5 Å². The highest BCUT2D eigenvalue weighted by atomic mass is 31.0. The Morgan fingerprint density at radius 3 is 2.94 bits per heavy atom. The van der Waals surface area contributed by atoms with Crippen LogP contribution in [0.1, 0.15) is 43.2 Å². The zero-order valence-electron chi connectivity index (χ0n) is 18.5. The molecule has 1 aromatic rings. The number of nitrogens with zero attached hydrogens (tertiary/aromatic N) is 1. The number of benzene rings is 1. The minimum atomic E-state index is -0.875. The molecule has 32 heavy (non-hydrogen) atoms. The summed E-state index contributed by atoms with van der Waals surface area (Å²) in [6, 6.07) is 3.74. The lowest BCUT2D eigenvalue weighted by Gasteiger charge is -2.58. The Kier molecular flexibility index (Phi) is 5.59. The van der Waals surface area contributed by atoms with Crippen molar-refractivity contribution in [2.75, 3.05) is 20.7 Å². The molecular weight excluding hydrogens is 431 g/mol. The molecule has 174 valence electrons. The maximum atomic E-state index is 12.8. The maximum Gasteiger partial charge on any atom is 0.323 e. The summed E-state index contributed by atoms with van der Waals surface area (Å²) in [5, 5.41) is 0. The summed E-state index contributed by atoms with van der Waals surface area (Å²) in [5.41, 5.74) is 8.44. The Balaban J connectivity index is 1.44. The van der Waals surface area contributed by atoms with Crippen LogP contribution in [-0.2, 0) is 30.7 Å². The lowest BCUT2D eigenvalue weighted by molar-refractivity contribution is -0.167. The molecule has 1 spiro atoms. The van der Waals surface area contributed by atoms with Crippen molar-refractivity contribution in [3.8, 4) is 11.5 Å². The molecule has 0 aromatic heterocycles. The monoisotopic (exact) mass is 462 g/mol. The van der Waals surface area contributed by atoms with Gasteiger partial charge in [-0.1, -0.05) is 6.07 Å². The van der Waals surface area contributed by atoms with E-state index < -0.39 is 18.0 Å². The van der Waals surface area contributed by atoms with Gasteiger partial charge in [-0.2, -0.15) is 0 Å². The Morgan fingerprint density at radius 1 is 1.38 bits per heavy atom. The topological polar surface area (TPSA) is 100 Å². The predicted octanol–water partition coefficient (Wildman–Crippen LogP) is 1.72. The van der Waals surface area contributed by atoms with Crippen LogP contribution in [0.25, 0.3) is 0 Å². The number of carbonyl (C=O) groups excluding carboxylic acids is 2. The van der Waals surface area contributed by atoms with Gasteiger partial charge in [0.05, 0.1) is 16.6 Å². The van der Waals surface area contributed by atoms with Crippen molar-refractivity contribution in [3.05, 3.63) is 23.3 Å². The molecule has 1 saturated heterocycles. The third-order valence-corrected chi connectivity index (χ3v) is 8.37. The summed E-state index contributed by atoms with van der Waals surface area (Å²) >= 11 is 0. The van der Waals surface area contributed by atoms with Crippen molar-refractivity contribution in [1.29, 1.82) is 0 Å². The zero-order chi connectivity index (χ0) is 22.6. The average molecular weight is 462 g/mol. The molecule has 2 N–H and O–H groups in total. The van der Waals surface area contributed by atoms with E-state index in [-0.39, 0.29) is 30.5 Å². The third-order valence-electron chi connectivity index (χ3n) is 8.11. The molecule has 2 aliphatic heterocycles. The van der Waals surface area contributed by atoms with Gasteiger partial charge in [-0.15, -0.1) is 0 Å². The molecule has 2 heterocycles. The molecule has 0 amide bonds. The number of carbonyl (C=O) groups is 2. The molecule has 5 rings (SSSR count). The third kappa shape index (κ3) is 3.14. The first-order valence-corrected chi connectivity index (χ1v) is 11.8. The summed E-state index contributed by atoms with van der Waals surface area (Å²) in [5.74, 6) is 1.09. The molecule has 2 bridgehead atoms. The molecule has 1 saturated carbocycles. The van der Waals surface area contributed by atoms with Crippen molar-refractivity contribution in [1.82, 2.24) is 4.90 Å². The number of ether oxygens (including phenoxy) is 3. The van der Waals surface area contributed by atoms with Gasteiger partial charge < -0.3 is 29.4 Å². The number of esters is 1. The smallest absolute Gasteiger partial charge is 0.323 e. The summed E-state index contributed by atoms with van der Waals surface area (Å²) < 4.78 is 22.8. The lowest BCUT2D eigenvalue weighted by atomic mass is 9.51. The molecule has 4 aliphatic rings. The van der Waals surface area contributed by atoms with Gasteiger partial charge in [-0.25, -0.2) is 0 Å². The van der Waals surface area contributed by atoms with Crippen LogP contribution in [0.2, 0.25) is 0 Å². The zero-order valence-corrected chi connectivity index (χ0v) is 19.7. The van der Waals surface area contributed by atoms with E-state index in [0.29, 0.717) is 12.0 Å². The minimum Gasteiger partial charge on any atom is -0.493 e. The van der Waals surface area contributed by atoms with E-state index in [4.69, 9.17) is 19.9 Å². The normalized spacial score (nSPS) is 33.0. The first kappa shape index (κ1) is 21.9. The number of nitrogens with two attached hydrogens (primary N) is 1. The van der Waals surface area contributed by atoms with Gasteiger partial charge >= 0.3 is 11.9 Å². The second kappa shape index (κ2) is 8.15. The second-order valence-corrected chi connectivity index (χ2v) is 9.74. The molecule has 2 aliphatic carbocycles. The number of likely N-dealkylation sites (N-methyl/N-ethyl adjacent to an activating group) is 1. The van der Waals surface area contributed by atoms with Crippen LogP contribution in [0, 0.1) is 5.92 Å². The van der Waals surface area contributed by atoms with Crippen molar-refractivity contribution in [3.63, 3.8) is 0 Å². The van der Waals surface area contributed by atoms with Gasteiger partial charge in [-0.05, 0) is 63.2 Å². The Labute approximate surface area is 190 Å². The fraction of sp³-hybridized carbons (Fsp3) is 0.652. The molecule has 9 heteroatoms. The number of rotatable bonds is 6. The van der Waals surface area contributed by atoms with Gasteiger partial charge in [0.25, 0.3) is 0 Å². The predicted molar refractivity (Wildman–Crippen MR) is 119 cm³/mol. The van der Waals surface area contributed by atoms with Crippen molar-refractivity contribution < 1.29 is 28.3 Å². The average Bonchev–Trinajstić information content (AvgIpc) is 3.15. The largest absolute Gasteiger partial charge is 0.493 e. The Hall–Kier alpha value is -1.89. The number of hydrogen-bond acceptors (Lipinski definition) is 8. The second-order valence-electron chi connectivity index (χ2n) is 9.51. The molecule has 1 aromatic carbocycles. The lowest BCUT2D eigenvalue weighted by Crippen LogP contribution is -2.66. The number of hydrogen-bond donors (Lipinski definition) is 1. The van der Waals surface area contributed by atoms with E-state index in [1.807, 2.05) is 15.5 Å². The van der Waals surface area contributed by atoms with E-state index in [1.54, 1.807) is 7.11 Å². The Morgan fingerprint density at radius 2 is 2.19 bits per heavy atom. The standard InChI is InChI=1S/C23H31N2O6P/c1-25-10-9-23-13-4-7-17(29-22(27)14(24)5-8-18(26)31-32)21(23)30-20-16(28-2)6-3-12(19(20)23)11-15(13)25/h3,6,13-15,17,21H,4-5,7-11,24,32H2,1-2H3/t13-,14?,15+,17?,21-,23-/m0/s1. The van der Waals surface area contributed by atoms with Crippen LogP contribution in [0.15, 0.2) is 12.1 Å². The van der Waals surface area contributed by atoms with Gasteiger partial charge in [0.1, 0.15) is 18.2 Å². The highest BCUT2D eigenvalue weighted by Gasteiger charge is 2.66. The quantitative estimate of drug-likeness (QED) is 0.504. The van der Waals surface area contributed by atoms with E-state index in [2.05, 4.69) is 22.5 Å². The highest BCUT2D eigenvalue weighted by Crippen LogP contribution is 2.64. The first-order valence-electron chi connectivity index (χ1n) is 11.3. The maximum absolute atomic E-state index is 12.8. The summed E-state index contributed by atoms with van der Waals surface area (Å²) in [7, 11) is 5.78. The molecule has 3 unspecified atom stereocenters. The fourth-order valence-corrected chi connectivity index (χ4v) is 6.77. The highest BCUT2D eigenvalue weighted by molar-refractivity contribution is 7.10. The summed E-state index contributed by atoms with van der Waals surface area (Å²) in [4.78, 5) is 26.7. The SMILES string of the molecule is COc1ccc2c3c1O[C@H]1C(OC(=O)C(N)CCC(=O)OP)CC[C@H]4[C@@H](C2)N(C)CC[C@]314. The molecular formula is C23H31N2O6P. The van der Waals surface area contributed by atoms with Gasteiger partial charge in [0.2, 0.25) is 0 Å². The number of likely N-dealkylation sites (tertiary alicyclic amines) is 1. The molecule has 2 fully saturated rings. The van der Waals surface area contributed by atoms with E-state index >= 15 is 0 Å². The van der Waals surface area contributed by atoms with Crippen molar-refractivity contribution in [2.45, 2.75) is 68.2 Å². The first-order chi connectivity index (χ1) is 15.4. The minimum absolute atomic E-state index is 0.0659. The van der Waals surface area contributed by atoms with E-state index in [9.17, 15) is 9.59 Å². The van der Waals surface area contributed by atoms with Gasteiger partial charge in [-0.3, -0.25) is 9.59 Å².